The highest BCUT2D eigenvalue weighted by atomic mass is 79.9. The lowest BCUT2D eigenvalue weighted by Gasteiger charge is -2.08. The van der Waals surface area contributed by atoms with E-state index in [9.17, 15) is 9.90 Å². The van der Waals surface area contributed by atoms with Crippen LogP contribution in [0.15, 0.2) is 16.6 Å². The second kappa shape index (κ2) is 4.97. The van der Waals surface area contributed by atoms with Crippen molar-refractivity contribution in [1.82, 2.24) is 0 Å². The zero-order chi connectivity index (χ0) is 10.6. The fraction of sp³-hybridized carbons (Fsp3) is 0.222. The first-order valence-electron chi connectivity index (χ1n) is 3.79. The Balaban J connectivity index is 3.02. The van der Waals surface area contributed by atoms with Gasteiger partial charge in [-0.3, -0.25) is 4.79 Å². The smallest absolute Gasteiger partial charge is 0.188 e. The Kier molecular flexibility index (Phi) is 3.91. The monoisotopic (exact) mass is 260 g/mol. The van der Waals surface area contributed by atoms with E-state index in [4.69, 9.17) is 9.47 Å². The number of aromatic hydroxyl groups is 1. The number of ether oxygens (including phenoxy) is 2. The molecule has 0 atom stereocenters. The van der Waals surface area contributed by atoms with E-state index < -0.39 is 0 Å². The van der Waals surface area contributed by atoms with Gasteiger partial charge in [0.2, 0.25) is 0 Å². The van der Waals surface area contributed by atoms with Gasteiger partial charge in [-0.25, -0.2) is 0 Å². The molecule has 1 aromatic rings. The lowest BCUT2D eigenvalue weighted by molar-refractivity contribution is 0.0504. The maximum atomic E-state index is 10.6. The van der Waals surface area contributed by atoms with Gasteiger partial charge in [-0.1, -0.05) is 0 Å². The van der Waals surface area contributed by atoms with Crippen molar-refractivity contribution in [2.24, 2.45) is 0 Å². The lowest BCUT2D eigenvalue weighted by atomic mass is 10.2. The van der Waals surface area contributed by atoms with Crippen LogP contribution in [0.1, 0.15) is 10.4 Å². The van der Waals surface area contributed by atoms with Crippen LogP contribution in [0.5, 0.6) is 11.5 Å². The summed E-state index contributed by atoms with van der Waals surface area (Å²) in [5, 5.41) is 9.29. The van der Waals surface area contributed by atoms with Crippen LogP contribution in [0, 0.1) is 0 Å². The third-order valence-corrected chi connectivity index (χ3v) is 2.39. The fourth-order valence-corrected chi connectivity index (χ4v) is 1.45. The number of benzene rings is 1. The highest BCUT2D eigenvalue weighted by molar-refractivity contribution is 9.10. The summed E-state index contributed by atoms with van der Waals surface area (Å²) in [6, 6.07) is 2.94. The van der Waals surface area contributed by atoms with E-state index in [1.54, 1.807) is 6.07 Å². The quantitative estimate of drug-likeness (QED) is 0.664. The molecule has 14 heavy (non-hydrogen) atoms. The maximum absolute atomic E-state index is 10.6. The topological polar surface area (TPSA) is 55.8 Å². The van der Waals surface area contributed by atoms with Crippen molar-refractivity contribution in [2.45, 2.75) is 0 Å². The molecule has 0 aliphatic rings. The molecule has 1 aromatic carbocycles. The molecule has 0 heterocycles. The van der Waals surface area contributed by atoms with Crippen LogP contribution >= 0.6 is 15.9 Å². The average molecular weight is 261 g/mol. The Labute approximate surface area is 89.6 Å². The Bertz CT molecular complexity index is 338. The molecule has 0 unspecified atom stereocenters. The van der Waals surface area contributed by atoms with Gasteiger partial charge in [-0.15, -0.1) is 0 Å². The summed E-state index contributed by atoms with van der Waals surface area (Å²) in [6.07, 6.45) is 0.555. The predicted octanol–water partition coefficient (Wildman–Crippen LogP) is 1.95. The first-order valence-corrected chi connectivity index (χ1v) is 4.58. The van der Waals surface area contributed by atoms with Crippen molar-refractivity contribution in [3.8, 4) is 11.5 Å². The number of carbonyl (C=O) groups is 1. The van der Waals surface area contributed by atoms with E-state index in [0.717, 1.165) is 0 Å². The minimum atomic E-state index is -0.0864. The van der Waals surface area contributed by atoms with E-state index in [2.05, 4.69) is 15.9 Å². The van der Waals surface area contributed by atoms with E-state index in [0.29, 0.717) is 16.5 Å². The second-order valence-corrected chi connectivity index (χ2v) is 3.27. The molecule has 0 spiro atoms. The highest BCUT2D eigenvalue weighted by Crippen LogP contribution is 2.33. The molecular weight excluding hydrogens is 252 g/mol. The van der Waals surface area contributed by atoms with E-state index in [-0.39, 0.29) is 18.1 Å². The van der Waals surface area contributed by atoms with Crippen molar-refractivity contribution < 1.29 is 19.4 Å². The number of hydrogen-bond acceptors (Lipinski definition) is 4. The Morgan fingerprint density at radius 1 is 1.57 bits per heavy atom. The molecule has 0 bridgehead atoms. The first-order chi connectivity index (χ1) is 6.70. The van der Waals surface area contributed by atoms with E-state index in [1.807, 2.05) is 0 Å². The summed E-state index contributed by atoms with van der Waals surface area (Å²) in [5.41, 5.74) is 0.165. The lowest BCUT2D eigenvalue weighted by Crippen LogP contribution is -2.00. The van der Waals surface area contributed by atoms with Crippen molar-refractivity contribution in [1.29, 1.82) is 0 Å². The second-order valence-electron chi connectivity index (χ2n) is 2.48. The first kappa shape index (κ1) is 11.0. The Hall–Kier alpha value is -1.07. The fourth-order valence-electron chi connectivity index (χ4n) is 0.909. The summed E-state index contributed by atoms with van der Waals surface area (Å²) < 4.78 is 10.3. The Morgan fingerprint density at radius 2 is 2.29 bits per heavy atom. The molecule has 0 fully saturated rings. The molecule has 1 N–H and O–H groups in total. The van der Waals surface area contributed by atoms with Gasteiger partial charge in [0, 0.05) is 7.11 Å². The van der Waals surface area contributed by atoms with Gasteiger partial charge < -0.3 is 14.6 Å². The Morgan fingerprint density at radius 3 is 2.86 bits per heavy atom. The van der Waals surface area contributed by atoms with Crippen molar-refractivity contribution in [2.75, 3.05) is 13.9 Å². The number of carbonyl (C=O) groups excluding carboxylic acids is 1. The van der Waals surface area contributed by atoms with E-state index in [1.165, 1.54) is 13.2 Å². The van der Waals surface area contributed by atoms with Gasteiger partial charge in [0.15, 0.2) is 13.1 Å². The number of aldehydes is 1. The van der Waals surface area contributed by atoms with Crippen LogP contribution in [-0.2, 0) is 4.74 Å². The zero-order valence-electron chi connectivity index (χ0n) is 7.49. The summed E-state index contributed by atoms with van der Waals surface area (Å²) in [7, 11) is 1.49. The van der Waals surface area contributed by atoms with Crippen molar-refractivity contribution in [3.63, 3.8) is 0 Å². The van der Waals surface area contributed by atoms with Gasteiger partial charge in [-0.2, -0.15) is 0 Å². The van der Waals surface area contributed by atoms with Crippen LogP contribution in [0.25, 0.3) is 0 Å². The highest BCUT2D eigenvalue weighted by Gasteiger charge is 2.10. The number of phenolic OH excluding ortho intramolecular Hbond substituents is 1. The van der Waals surface area contributed by atoms with Gasteiger partial charge in [-0.05, 0) is 28.1 Å². The molecule has 5 heteroatoms. The molecule has 0 saturated carbocycles. The SMILES string of the molecule is COCOc1ccc(O)c(C=O)c1Br. The number of halogens is 1. The third-order valence-electron chi connectivity index (χ3n) is 1.57. The minimum Gasteiger partial charge on any atom is -0.507 e. The third kappa shape index (κ3) is 2.24. The van der Waals surface area contributed by atoms with Gasteiger partial charge in [0.25, 0.3) is 0 Å². The van der Waals surface area contributed by atoms with E-state index >= 15 is 0 Å². The zero-order valence-corrected chi connectivity index (χ0v) is 9.08. The summed E-state index contributed by atoms with van der Waals surface area (Å²) >= 11 is 3.15. The number of hydrogen-bond donors (Lipinski definition) is 1. The minimum absolute atomic E-state index is 0.0850. The largest absolute Gasteiger partial charge is 0.507 e. The maximum Gasteiger partial charge on any atom is 0.188 e. The molecule has 0 amide bonds. The van der Waals surface area contributed by atoms with Crippen LogP contribution in [0.2, 0.25) is 0 Å². The summed E-state index contributed by atoms with van der Waals surface area (Å²) in [5.74, 6) is 0.364. The van der Waals surface area contributed by atoms with Crippen LogP contribution < -0.4 is 4.74 Å². The molecule has 4 nitrogen and oxygen atoms in total. The molecular formula is C9H9BrO4. The normalized spacial score (nSPS) is 9.86. The molecule has 0 aliphatic heterocycles. The molecule has 76 valence electrons. The van der Waals surface area contributed by atoms with Crippen LogP contribution in [-0.4, -0.2) is 25.3 Å². The van der Waals surface area contributed by atoms with Gasteiger partial charge in [0.05, 0.1) is 10.0 Å². The number of phenols is 1. The summed E-state index contributed by atoms with van der Waals surface area (Å²) in [4.78, 5) is 10.6. The predicted molar refractivity (Wildman–Crippen MR) is 53.7 cm³/mol. The standard InChI is InChI=1S/C9H9BrO4/c1-13-5-14-8-3-2-7(12)6(4-11)9(8)10/h2-4,12H,5H2,1H3. The van der Waals surface area contributed by atoms with Crippen molar-refractivity contribution in [3.05, 3.63) is 22.2 Å². The molecule has 0 aliphatic carbocycles. The summed E-state index contributed by atoms with van der Waals surface area (Å²) in [6.45, 7) is 0.0850. The molecule has 1 rings (SSSR count). The average Bonchev–Trinajstić information content (AvgIpc) is 2.18. The van der Waals surface area contributed by atoms with Gasteiger partial charge in [0.1, 0.15) is 11.5 Å². The molecule has 0 aromatic heterocycles. The number of rotatable bonds is 4. The van der Waals surface area contributed by atoms with Crippen LogP contribution in [0.4, 0.5) is 0 Å². The molecule has 0 saturated heterocycles. The van der Waals surface area contributed by atoms with Gasteiger partial charge >= 0.3 is 0 Å². The number of methoxy groups -OCH3 is 1. The molecule has 0 radical (unpaired) electrons. The van der Waals surface area contributed by atoms with Crippen LogP contribution in [0.3, 0.4) is 0 Å². The van der Waals surface area contributed by atoms with Crippen molar-refractivity contribution >= 4 is 22.2 Å².